The highest BCUT2D eigenvalue weighted by atomic mass is 35.5. The van der Waals surface area contributed by atoms with Gasteiger partial charge in [0.05, 0.1) is 21.7 Å². The third kappa shape index (κ3) is 4.04. The Bertz CT molecular complexity index is 805. The fourth-order valence-electron chi connectivity index (χ4n) is 1.80. The second kappa shape index (κ2) is 6.89. The molecule has 0 radical (unpaired) electrons. The minimum absolute atomic E-state index is 0.270. The lowest BCUT2D eigenvalue weighted by Crippen LogP contribution is -2.18. The molecule has 0 aromatic heterocycles. The van der Waals surface area contributed by atoms with Crippen LogP contribution in [0.2, 0.25) is 5.02 Å². The molecule has 7 nitrogen and oxygen atoms in total. The molecule has 0 fully saturated rings. The zero-order valence-electron chi connectivity index (χ0n) is 12.0. The minimum Gasteiger partial charge on any atom is -0.502 e. The zero-order chi connectivity index (χ0) is 17.0. The average molecular weight is 334 g/mol. The summed E-state index contributed by atoms with van der Waals surface area (Å²) >= 11 is 5.98. The molecule has 0 atom stereocenters. The number of nitro benzene ring substituents is 1. The van der Waals surface area contributed by atoms with Gasteiger partial charge in [0.1, 0.15) is 0 Å². The summed E-state index contributed by atoms with van der Waals surface area (Å²) in [6, 6.07) is 8.73. The molecule has 0 heterocycles. The second-order valence-corrected chi connectivity index (χ2v) is 5.09. The Balaban J connectivity index is 2.11. The van der Waals surface area contributed by atoms with E-state index in [2.05, 4.69) is 10.5 Å². The summed E-state index contributed by atoms with van der Waals surface area (Å²) in [6.07, 6.45) is 1.23. The number of nitro groups is 1. The fraction of sp³-hybridized carbons (Fsp3) is 0.0667. The van der Waals surface area contributed by atoms with Gasteiger partial charge in [-0.05, 0) is 36.8 Å². The Labute approximate surface area is 136 Å². The molecule has 118 valence electrons. The Morgan fingerprint density at radius 2 is 2.09 bits per heavy atom. The Morgan fingerprint density at radius 1 is 1.35 bits per heavy atom. The lowest BCUT2D eigenvalue weighted by Gasteiger charge is -2.03. The number of phenols is 1. The van der Waals surface area contributed by atoms with E-state index in [1.165, 1.54) is 18.3 Å². The lowest BCUT2D eigenvalue weighted by atomic mass is 10.1. The molecular weight excluding hydrogens is 322 g/mol. The van der Waals surface area contributed by atoms with Gasteiger partial charge in [0.25, 0.3) is 5.91 Å². The molecule has 2 aromatic rings. The number of carbonyl (C=O) groups excluding carboxylic acids is 1. The molecule has 23 heavy (non-hydrogen) atoms. The fourth-order valence-corrected chi connectivity index (χ4v) is 2.12. The molecule has 2 N–H and O–H groups in total. The molecule has 0 aliphatic heterocycles. The monoisotopic (exact) mass is 333 g/mol. The van der Waals surface area contributed by atoms with Crippen LogP contribution >= 0.6 is 11.6 Å². The second-order valence-electron chi connectivity index (χ2n) is 4.69. The molecule has 0 aliphatic carbocycles. The Hall–Kier alpha value is -2.93. The highest BCUT2D eigenvalue weighted by molar-refractivity contribution is 6.33. The number of benzene rings is 2. The lowest BCUT2D eigenvalue weighted by molar-refractivity contribution is -0.385. The van der Waals surface area contributed by atoms with Crippen LogP contribution in [0.5, 0.6) is 5.75 Å². The molecular formula is C15H12ClN3O4. The van der Waals surface area contributed by atoms with Crippen molar-refractivity contribution in [2.45, 2.75) is 6.92 Å². The molecule has 2 rings (SSSR count). The van der Waals surface area contributed by atoms with Crippen molar-refractivity contribution in [1.29, 1.82) is 0 Å². The number of rotatable bonds is 4. The number of hydrogen-bond donors (Lipinski definition) is 2. The van der Waals surface area contributed by atoms with Gasteiger partial charge in [-0.2, -0.15) is 5.10 Å². The normalized spacial score (nSPS) is 10.7. The quantitative estimate of drug-likeness (QED) is 0.509. The maximum Gasteiger partial charge on any atom is 0.311 e. The van der Waals surface area contributed by atoms with Crippen LogP contribution in [-0.4, -0.2) is 22.2 Å². The largest absolute Gasteiger partial charge is 0.502 e. The maximum absolute atomic E-state index is 11.9. The van der Waals surface area contributed by atoms with E-state index >= 15 is 0 Å². The number of hydrazone groups is 1. The van der Waals surface area contributed by atoms with Gasteiger partial charge >= 0.3 is 5.69 Å². The zero-order valence-corrected chi connectivity index (χ0v) is 12.7. The van der Waals surface area contributed by atoms with E-state index in [1.54, 1.807) is 18.2 Å². The van der Waals surface area contributed by atoms with Crippen LogP contribution in [0.1, 0.15) is 21.5 Å². The molecule has 0 saturated carbocycles. The molecule has 0 saturated heterocycles. The minimum atomic E-state index is -0.711. The number of hydrogen-bond acceptors (Lipinski definition) is 5. The molecule has 0 spiro atoms. The van der Waals surface area contributed by atoms with Crippen molar-refractivity contribution in [1.82, 2.24) is 5.43 Å². The van der Waals surface area contributed by atoms with Gasteiger partial charge in [-0.25, -0.2) is 5.43 Å². The van der Waals surface area contributed by atoms with E-state index < -0.39 is 22.3 Å². The Kier molecular flexibility index (Phi) is 4.92. The van der Waals surface area contributed by atoms with Gasteiger partial charge in [0, 0.05) is 11.6 Å². The Morgan fingerprint density at radius 3 is 2.74 bits per heavy atom. The molecule has 0 unspecified atom stereocenters. The molecule has 0 bridgehead atoms. The molecule has 2 aromatic carbocycles. The van der Waals surface area contributed by atoms with Gasteiger partial charge < -0.3 is 5.11 Å². The van der Waals surface area contributed by atoms with Gasteiger partial charge in [0.15, 0.2) is 5.75 Å². The highest BCUT2D eigenvalue weighted by Crippen LogP contribution is 2.25. The van der Waals surface area contributed by atoms with Crippen molar-refractivity contribution in [3.63, 3.8) is 0 Å². The summed E-state index contributed by atoms with van der Waals surface area (Å²) in [4.78, 5) is 22.0. The predicted molar refractivity (Wildman–Crippen MR) is 86.0 cm³/mol. The summed E-state index contributed by atoms with van der Waals surface area (Å²) < 4.78 is 0. The third-order valence-corrected chi connectivity index (χ3v) is 3.26. The summed E-state index contributed by atoms with van der Waals surface area (Å²) in [5.74, 6) is -0.942. The van der Waals surface area contributed by atoms with Crippen molar-refractivity contribution in [2.24, 2.45) is 5.10 Å². The SMILES string of the molecule is Cc1ccc(C(=O)N/N=C\c2ccc(O)c([N+](=O)[O-])c2)c(Cl)c1. The van der Waals surface area contributed by atoms with Gasteiger partial charge in [0.2, 0.25) is 0 Å². The van der Waals surface area contributed by atoms with Crippen molar-refractivity contribution >= 4 is 29.4 Å². The summed E-state index contributed by atoms with van der Waals surface area (Å²) in [5.41, 5.74) is 3.39. The van der Waals surface area contributed by atoms with E-state index in [1.807, 2.05) is 6.92 Å². The number of nitrogens with zero attached hydrogens (tertiary/aromatic N) is 2. The van der Waals surface area contributed by atoms with E-state index in [0.29, 0.717) is 10.6 Å². The topological polar surface area (TPSA) is 105 Å². The van der Waals surface area contributed by atoms with E-state index in [0.717, 1.165) is 11.6 Å². The predicted octanol–water partition coefficient (Wildman–Crippen LogP) is 3.03. The first kappa shape index (κ1) is 16.4. The van der Waals surface area contributed by atoms with Crippen LogP contribution in [0, 0.1) is 17.0 Å². The number of aryl methyl sites for hydroxylation is 1. The number of amides is 1. The highest BCUT2D eigenvalue weighted by Gasteiger charge is 2.13. The van der Waals surface area contributed by atoms with E-state index in [4.69, 9.17) is 11.6 Å². The molecule has 0 aliphatic rings. The smallest absolute Gasteiger partial charge is 0.311 e. The maximum atomic E-state index is 11.9. The summed E-state index contributed by atoms with van der Waals surface area (Å²) in [7, 11) is 0. The van der Waals surface area contributed by atoms with E-state index in [-0.39, 0.29) is 5.56 Å². The number of aromatic hydroxyl groups is 1. The first-order valence-electron chi connectivity index (χ1n) is 6.45. The number of carbonyl (C=O) groups is 1. The standard InChI is InChI=1S/C15H12ClN3O4/c1-9-2-4-11(12(16)6-9)15(21)18-17-8-10-3-5-14(20)13(7-10)19(22)23/h2-8,20H,1H3,(H,18,21)/b17-8-. The van der Waals surface area contributed by atoms with Crippen LogP contribution in [-0.2, 0) is 0 Å². The number of nitrogens with one attached hydrogen (secondary N) is 1. The van der Waals surface area contributed by atoms with Crippen LogP contribution < -0.4 is 5.43 Å². The average Bonchev–Trinajstić information content (AvgIpc) is 2.48. The van der Waals surface area contributed by atoms with Crippen LogP contribution in [0.15, 0.2) is 41.5 Å². The summed E-state index contributed by atoms with van der Waals surface area (Å²) in [6.45, 7) is 1.85. The van der Waals surface area contributed by atoms with E-state index in [9.17, 15) is 20.0 Å². The third-order valence-electron chi connectivity index (χ3n) is 2.95. The molecule has 8 heteroatoms. The summed E-state index contributed by atoms with van der Waals surface area (Å²) in [5, 5.41) is 24.1. The number of halogens is 1. The first-order chi connectivity index (χ1) is 10.9. The first-order valence-corrected chi connectivity index (χ1v) is 6.83. The van der Waals surface area contributed by atoms with Gasteiger partial charge in [-0.3, -0.25) is 14.9 Å². The van der Waals surface area contributed by atoms with Crippen LogP contribution in [0.4, 0.5) is 5.69 Å². The van der Waals surface area contributed by atoms with Crippen molar-refractivity contribution in [3.8, 4) is 5.75 Å². The number of phenolic OH excluding ortho intramolecular Hbond substituents is 1. The van der Waals surface area contributed by atoms with Crippen LogP contribution in [0.25, 0.3) is 0 Å². The van der Waals surface area contributed by atoms with Crippen molar-refractivity contribution in [2.75, 3.05) is 0 Å². The van der Waals surface area contributed by atoms with Gasteiger partial charge in [-0.1, -0.05) is 17.7 Å². The van der Waals surface area contributed by atoms with Crippen molar-refractivity contribution in [3.05, 3.63) is 68.2 Å². The van der Waals surface area contributed by atoms with Crippen LogP contribution in [0.3, 0.4) is 0 Å². The molecule has 1 amide bonds. The van der Waals surface area contributed by atoms with Gasteiger partial charge in [-0.15, -0.1) is 0 Å². The van der Waals surface area contributed by atoms with Crippen molar-refractivity contribution < 1.29 is 14.8 Å².